The molecule has 1 saturated heterocycles. The summed E-state index contributed by atoms with van der Waals surface area (Å²) in [5, 5.41) is 2.32. The van der Waals surface area contributed by atoms with E-state index < -0.39 is 5.41 Å². The van der Waals surface area contributed by atoms with Gasteiger partial charge in [-0.05, 0) is 41.5 Å². The van der Waals surface area contributed by atoms with Crippen LogP contribution in [0.4, 0.5) is 5.69 Å². The quantitative estimate of drug-likeness (QED) is 0.750. The molecule has 2 N–H and O–H groups in total. The van der Waals surface area contributed by atoms with Crippen molar-refractivity contribution in [1.82, 2.24) is 0 Å². The van der Waals surface area contributed by atoms with Crippen LogP contribution in [0.5, 0.6) is 5.75 Å². The van der Waals surface area contributed by atoms with Crippen molar-refractivity contribution in [2.24, 2.45) is 0 Å². The van der Waals surface area contributed by atoms with Crippen LogP contribution >= 0.6 is 0 Å². The summed E-state index contributed by atoms with van der Waals surface area (Å²) >= 11 is 0. The first kappa shape index (κ1) is 18.0. The van der Waals surface area contributed by atoms with Crippen molar-refractivity contribution in [2.75, 3.05) is 18.6 Å². The second-order valence-corrected chi connectivity index (χ2v) is 7.89. The molecule has 5 rings (SSSR count). The number of ether oxygens (including phenoxy) is 1. The van der Waals surface area contributed by atoms with E-state index in [0.717, 1.165) is 35.5 Å². The van der Waals surface area contributed by atoms with Crippen LogP contribution in [0.25, 0.3) is 0 Å². The highest BCUT2D eigenvalue weighted by atomic mass is 16.5. The van der Waals surface area contributed by atoms with Gasteiger partial charge in [-0.3, -0.25) is 4.79 Å². The molecule has 0 bridgehead atoms. The zero-order chi connectivity index (χ0) is 19.8. The summed E-state index contributed by atoms with van der Waals surface area (Å²) in [4.78, 5) is 16.0. The van der Waals surface area contributed by atoms with Crippen LogP contribution in [0.1, 0.15) is 29.2 Å². The maximum atomic E-state index is 14.0. The molecule has 3 aromatic rings. The third-order valence-corrected chi connectivity index (χ3v) is 6.43. The number of carbonyl (C=O) groups is 1. The molecule has 0 aliphatic carbocycles. The number of nitrogens with zero attached hydrogens (tertiary/aromatic N) is 1. The smallest absolute Gasteiger partial charge is 0.244 e. The second-order valence-electron chi connectivity index (χ2n) is 7.89. The third kappa shape index (κ3) is 2.75. The predicted molar refractivity (Wildman–Crippen MR) is 113 cm³/mol. The van der Waals surface area contributed by atoms with Crippen LogP contribution in [0.3, 0.4) is 0 Å². The molecule has 1 spiro atoms. The fraction of sp³-hybridized carbons (Fsp3) is 0.240. The topological polar surface area (TPSA) is 46.1 Å². The fourth-order valence-corrected chi connectivity index (χ4v) is 5.08. The normalized spacial score (nSPS) is 22.9. The summed E-state index contributed by atoms with van der Waals surface area (Å²) < 4.78 is 5.32. The van der Waals surface area contributed by atoms with Gasteiger partial charge in [0.1, 0.15) is 17.2 Å². The van der Waals surface area contributed by atoms with Gasteiger partial charge in [0.25, 0.3) is 0 Å². The first-order valence-electron chi connectivity index (χ1n) is 10.2. The molecule has 2 heterocycles. The number of quaternary nitrogens is 1. The molecule has 2 aliphatic heterocycles. The minimum absolute atomic E-state index is 0.0721. The van der Waals surface area contributed by atoms with E-state index in [1.165, 1.54) is 5.56 Å². The molecule has 2 aliphatic rings. The van der Waals surface area contributed by atoms with Crippen molar-refractivity contribution in [3.63, 3.8) is 0 Å². The van der Waals surface area contributed by atoms with Gasteiger partial charge in [0.15, 0.2) is 0 Å². The number of carbonyl (C=O) groups excluding carboxylic acids is 1. The standard InChI is InChI=1S/C25H24N2O2/c1-29-20-13-11-19(12-14-20)23-25(15-16-26-23)21-9-5-6-10-22(21)27(24(25)28)17-18-7-3-2-4-8-18/h2-14,23,26H,15-17H2,1H3/p+1/t23-,25-/m1/s1. The Hall–Kier alpha value is -3.11. The van der Waals surface area contributed by atoms with Gasteiger partial charge in [0.2, 0.25) is 5.91 Å². The Labute approximate surface area is 171 Å². The number of rotatable bonds is 4. The molecule has 1 fully saturated rings. The van der Waals surface area contributed by atoms with Crippen molar-refractivity contribution < 1.29 is 14.8 Å². The molecular formula is C25H25N2O2+. The van der Waals surface area contributed by atoms with Crippen molar-refractivity contribution in [3.8, 4) is 5.75 Å². The molecular weight excluding hydrogens is 360 g/mol. The number of anilines is 1. The van der Waals surface area contributed by atoms with Crippen molar-refractivity contribution >= 4 is 11.6 Å². The van der Waals surface area contributed by atoms with Crippen LogP contribution in [0, 0.1) is 0 Å². The van der Waals surface area contributed by atoms with E-state index in [1.807, 2.05) is 41.3 Å². The highest BCUT2D eigenvalue weighted by Gasteiger charge is 2.60. The molecule has 4 nitrogen and oxygen atoms in total. The molecule has 0 unspecified atom stereocenters. The summed E-state index contributed by atoms with van der Waals surface area (Å²) in [6.07, 6.45) is 0.852. The van der Waals surface area contributed by atoms with Crippen molar-refractivity contribution in [3.05, 3.63) is 95.6 Å². The molecule has 146 valence electrons. The van der Waals surface area contributed by atoms with E-state index >= 15 is 0 Å². The van der Waals surface area contributed by atoms with E-state index in [4.69, 9.17) is 4.74 Å². The average Bonchev–Trinajstić information content (AvgIpc) is 3.32. The molecule has 4 heteroatoms. The van der Waals surface area contributed by atoms with E-state index in [0.29, 0.717) is 6.54 Å². The molecule has 0 aromatic heterocycles. The van der Waals surface area contributed by atoms with Gasteiger partial charge in [-0.15, -0.1) is 0 Å². The van der Waals surface area contributed by atoms with Gasteiger partial charge in [-0.2, -0.15) is 0 Å². The second kappa shape index (κ2) is 7.05. The monoisotopic (exact) mass is 385 g/mol. The molecule has 0 saturated carbocycles. The zero-order valence-electron chi connectivity index (χ0n) is 16.5. The Bertz CT molecular complexity index is 1030. The Morgan fingerprint density at radius 1 is 1.00 bits per heavy atom. The molecule has 0 radical (unpaired) electrons. The van der Waals surface area contributed by atoms with Gasteiger partial charge < -0.3 is 15.0 Å². The predicted octanol–water partition coefficient (Wildman–Crippen LogP) is 3.19. The maximum Gasteiger partial charge on any atom is 0.244 e. The summed E-state index contributed by atoms with van der Waals surface area (Å²) in [6.45, 7) is 1.55. The highest BCUT2D eigenvalue weighted by molar-refractivity contribution is 6.08. The molecule has 1 amide bonds. The van der Waals surface area contributed by atoms with Crippen LogP contribution in [0.2, 0.25) is 0 Å². The van der Waals surface area contributed by atoms with Gasteiger partial charge in [0.05, 0.1) is 20.2 Å². The number of hydrogen-bond donors (Lipinski definition) is 1. The molecule has 2 atom stereocenters. The van der Waals surface area contributed by atoms with Gasteiger partial charge in [-0.25, -0.2) is 0 Å². The van der Waals surface area contributed by atoms with Crippen LogP contribution < -0.4 is 15.0 Å². The lowest BCUT2D eigenvalue weighted by atomic mass is 9.73. The summed E-state index contributed by atoms with van der Waals surface area (Å²) in [5.74, 6) is 1.06. The minimum atomic E-state index is -0.514. The first-order valence-corrected chi connectivity index (χ1v) is 10.2. The molecule has 3 aromatic carbocycles. The number of nitrogens with two attached hydrogens (primary N) is 1. The van der Waals surface area contributed by atoms with Crippen LogP contribution in [-0.4, -0.2) is 19.6 Å². The fourth-order valence-electron chi connectivity index (χ4n) is 5.08. The Morgan fingerprint density at radius 2 is 1.72 bits per heavy atom. The van der Waals surface area contributed by atoms with E-state index in [-0.39, 0.29) is 11.9 Å². The zero-order valence-corrected chi connectivity index (χ0v) is 16.5. The van der Waals surface area contributed by atoms with Gasteiger partial charge >= 0.3 is 0 Å². The SMILES string of the molecule is COc1ccc([C@H]2[NH2+]CC[C@]23C(=O)N(Cc2ccccc2)c2ccccc23)cc1. The van der Waals surface area contributed by atoms with Crippen molar-refractivity contribution in [1.29, 1.82) is 0 Å². The Morgan fingerprint density at radius 3 is 2.48 bits per heavy atom. The van der Waals surface area contributed by atoms with E-state index in [1.54, 1.807) is 7.11 Å². The van der Waals surface area contributed by atoms with E-state index in [2.05, 4.69) is 47.8 Å². The van der Waals surface area contributed by atoms with Crippen LogP contribution in [-0.2, 0) is 16.8 Å². The number of methoxy groups -OCH3 is 1. The van der Waals surface area contributed by atoms with Crippen molar-refractivity contribution in [2.45, 2.75) is 24.4 Å². The highest BCUT2D eigenvalue weighted by Crippen LogP contribution is 2.51. The number of para-hydroxylation sites is 1. The lowest BCUT2D eigenvalue weighted by molar-refractivity contribution is -0.679. The number of hydrogen-bond acceptors (Lipinski definition) is 2. The number of amides is 1. The third-order valence-electron chi connectivity index (χ3n) is 6.43. The largest absolute Gasteiger partial charge is 0.497 e. The lowest BCUT2D eigenvalue weighted by Gasteiger charge is -2.28. The summed E-state index contributed by atoms with van der Waals surface area (Å²) in [5.41, 5.74) is 4.02. The minimum Gasteiger partial charge on any atom is -0.497 e. The Kier molecular flexibility index (Phi) is 4.36. The first-order chi connectivity index (χ1) is 14.2. The van der Waals surface area contributed by atoms with E-state index in [9.17, 15) is 4.79 Å². The number of benzene rings is 3. The summed E-state index contributed by atoms with van der Waals surface area (Å²) in [7, 11) is 1.68. The average molecular weight is 385 g/mol. The molecule has 29 heavy (non-hydrogen) atoms. The Balaban J connectivity index is 1.59. The summed E-state index contributed by atoms with van der Waals surface area (Å²) in [6, 6.07) is 26.8. The lowest BCUT2D eigenvalue weighted by Crippen LogP contribution is -2.83. The maximum absolute atomic E-state index is 14.0. The number of fused-ring (bicyclic) bond motifs is 2. The van der Waals surface area contributed by atoms with Crippen LogP contribution in [0.15, 0.2) is 78.9 Å². The van der Waals surface area contributed by atoms with Gasteiger partial charge in [0, 0.05) is 17.7 Å². The van der Waals surface area contributed by atoms with Gasteiger partial charge in [-0.1, -0.05) is 48.5 Å².